The maximum absolute atomic E-state index is 10.2. The molecular formula is C10H11NO. The predicted molar refractivity (Wildman–Crippen MR) is 51.0 cm³/mol. The Morgan fingerprint density at radius 3 is 2.83 bits per heavy atom. The summed E-state index contributed by atoms with van der Waals surface area (Å²) in [6, 6.07) is 5.81. The van der Waals surface area contributed by atoms with Gasteiger partial charge in [-0.1, -0.05) is 24.8 Å². The van der Waals surface area contributed by atoms with Gasteiger partial charge in [-0.3, -0.25) is 4.79 Å². The second kappa shape index (κ2) is 3.72. The highest BCUT2D eigenvalue weighted by Gasteiger charge is 1.96. The number of anilines is 1. The normalized spacial score (nSPS) is 9.08. The molecule has 0 spiro atoms. The summed E-state index contributed by atoms with van der Waals surface area (Å²) in [6.07, 6.45) is 2.38. The predicted octanol–water partition coefficient (Wildman–Crippen LogP) is 2.21. The van der Waals surface area contributed by atoms with Crippen LogP contribution in [0.5, 0.6) is 0 Å². The maximum Gasteiger partial charge on any atom is 0.211 e. The molecule has 1 rings (SSSR count). The fraction of sp³-hybridized carbons (Fsp3) is 0.100. The number of carbonyl (C=O) groups excluding carboxylic acids is 1. The van der Waals surface area contributed by atoms with Gasteiger partial charge in [0.25, 0.3) is 0 Å². The van der Waals surface area contributed by atoms with Gasteiger partial charge in [0.1, 0.15) is 0 Å². The van der Waals surface area contributed by atoms with E-state index in [0.29, 0.717) is 6.41 Å². The first-order chi connectivity index (χ1) is 5.77. The van der Waals surface area contributed by atoms with E-state index >= 15 is 0 Å². The van der Waals surface area contributed by atoms with Crippen LogP contribution in [0.3, 0.4) is 0 Å². The molecule has 0 unspecified atom stereocenters. The van der Waals surface area contributed by atoms with Gasteiger partial charge >= 0.3 is 0 Å². The number of carbonyl (C=O) groups is 1. The molecule has 0 radical (unpaired) electrons. The Bertz CT molecular complexity index is 305. The molecule has 0 heterocycles. The molecule has 2 nitrogen and oxygen atoms in total. The Kier molecular flexibility index (Phi) is 2.64. The lowest BCUT2D eigenvalue weighted by molar-refractivity contribution is -0.105. The van der Waals surface area contributed by atoms with Crippen LogP contribution in [0.15, 0.2) is 24.8 Å². The zero-order valence-corrected chi connectivity index (χ0v) is 7.00. The smallest absolute Gasteiger partial charge is 0.211 e. The minimum atomic E-state index is 0.668. The molecule has 2 heteroatoms. The van der Waals surface area contributed by atoms with Crippen LogP contribution in [-0.4, -0.2) is 6.41 Å². The van der Waals surface area contributed by atoms with Crippen molar-refractivity contribution in [2.45, 2.75) is 6.92 Å². The molecule has 0 saturated carbocycles. The van der Waals surface area contributed by atoms with Gasteiger partial charge in [0.2, 0.25) is 6.41 Å². The van der Waals surface area contributed by atoms with Crippen molar-refractivity contribution in [2.75, 3.05) is 5.32 Å². The Labute approximate surface area is 71.9 Å². The molecule has 0 saturated heterocycles. The lowest BCUT2D eigenvalue weighted by Crippen LogP contribution is -1.96. The highest BCUT2D eigenvalue weighted by molar-refractivity contribution is 5.78. The molecule has 12 heavy (non-hydrogen) atoms. The van der Waals surface area contributed by atoms with Gasteiger partial charge < -0.3 is 5.32 Å². The monoisotopic (exact) mass is 161 g/mol. The molecule has 62 valence electrons. The molecule has 0 atom stereocenters. The van der Waals surface area contributed by atoms with E-state index in [1.54, 1.807) is 6.08 Å². The standard InChI is InChI=1S/C10H11NO/c1-3-9-5-4-8(2)6-10(9)11-7-12/h3-7H,1H2,2H3,(H,11,12). The lowest BCUT2D eigenvalue weighted by Gasteiger charge is -2.04. The molecule has 1 aromatic carbocycles. The molecule has 0 fully saturated rings. The van der Waals surface area contributed by atoms with Gasteiger partial charge in [0.15, 0.2) is 0 Å². The summed E-state index contributed by atoms with van der Waals surface area (Å²) in [5, 5.41) is 2.62. The van der Waals surface area contributed by atoms with Crippen molar-refractivity contribution in [3.05, 3.63) is 35.9 Å². The van der Waals surface area contributed by atoms with Crippen LogP contribution >= 0.6 is 0 Å². The number of benzene rings is 1. The van der Waals surface area contributed by atoms with Crippen molar-refractivity contribution < 1.29 is 4.79 Å². The molecule has 1 aromatic rings. The third kappa shape index (κ3) is 1.72. The first-order valence-electron chi connectivity index (χ1n) is 3.71. The molecular weight excluding hydrogens is 150 g/mol. The van der Waals surface area contributed by atoms with Crippen LogP contribution in [0.25, 0.3) is 6.08 Å². The Hall–Kier alpha value is -1.57. The fourth-order valence-electron chi connectivity index (χ4n) is 1.04. The third-order valence-corrected chi connectivity index (χ3v) is 1.64. The van der Waals surface area contributed by atoms with E-state index in [-0.39, 0.29) is 0 Å². The van der Waals surface area contributed by atoms with Crippen molar-refractivity contribution in [2.24, 2.45) is 0 Å². The summed E-state index contributed by atoms with van der Waals surface area (Å²) in [7, 11) is 0. The van der Waals surface area contributed by atoms with E-state index in [0.717, 1.165) is 16.8 Å². The maximum atomic E-state index is 10.2. The van der Waals surface area contributed by atoms with Gasteiger partial charge in [0.05, 0.1) is 0 Å². The number of rotatable bonds is 3. The van der Waals surface area contributed by atoms with E-state index in [1.807, 2.05) is 25.1 Å². The molecule has 0 aliphatic heterocycles. The minimum absolute atomic E-state index is 0.668. The van der Waals surface area contributed by atoms with Gasteiger partial charge in [0, 0.05) is 5.69 Å². The Morgan fingerprint density at radius 2 is 2.25 bits per heavy atom. The van der Waals surface area contributed by atoms with Gasteiger partial charge in [-0.15, -0.1) is 0 Å². The van der Waals surface area contributed by atoms with Crippen LogP contribution in [0, 0.1) is 6.92 Å². The average Bonchev–Trinajstić information content (AvgIpc) is 2.05. The van der Waals surface area contributed by atoms with Crippen molar-refractivity contribution >= 4 is 18.2 Å². The Morgan fingerprint density at radius 1 is 1.50 bits per heavy atom. The summed E-state index contributed by atoms with van der Waals surface area (Å²) >= 11 is 0. The molecule has 0 bridgehead atoms. The molecule has 0 aliphatic carbocycles. The Balaban J connectivity index is 3.11. The van der Waals surface area contributed by atoms with Crippen molar-refractivity contribution in [3.63, 3.8) is 0 Å². The van der Waals surface area contributed by atoms with Crippen LogP contribution in [-0.2, 0) is 4.79 Å². The largest absolute Gasteiger partial charge is 0.328 e. The topological polar surface area (TPSA) is 29.1 Å². The number of amides is 1. The van der Waals surface area contributed by atoms with E-state index in [2.05, 4.69) is 11.9 Å². The summed E-state index contributed by atoms with van der Waals surface area (Å²) in [4.78, 5) is 10.2. The number of hydrogen-bond donors (Lipinski definition) is 1. The lowest BCUT2D eigenvalue weighted by atomic mass is 10.1. The zero-order valence-electron chi connectivity index (χ0n) is 7.00. The van der Waals surface area contributed by atoms with Gasteiger partial charge in [-0.25, -0.2) is 0 Å². The number of aryl methyl sites for hydroxylation is 1. The van der Waals surface area contributed by atoms with Gasteiger partial charge in [-0.2, -0.15) is 0 Å². The van der Waals surface area contributed by atoms with Gasteiger partial charge in [-0.05, 0) is 24.1 Å². The van der Waals surface area contributed by atoms with E-state index in [9.17, 15) is 4.79 Å². The molecule has 1 N–H and O–H groups in total. The third-order valence-electron chi connectivity index (χ3n) is 1.64. The van der Waals surface area contributed by atoms with Crippen molar-refractivity contribution in [1.82, 2.24) is 0 Å². The molecule has 0 aliphatic rings. The zero-order chi connectivity index (χ0) is 8.97. The SMILES string of the molecule is C=Cc1ccc(C)cc1NC=O. The highest BCUT2D eigenvalue weighted by Crippen LogP contribution is 2.17. The second-order valence-corrected chi connectivity index (χ2v) is 2.56. The average molecular weight is 161 g/mol. The summed E-state index contributed by atoms with van der Waals surface area (Å²) < 4.78 is 0. The van der Waals surface area contributed by atoms with Crippen LogP contribution < -0.4 is 5.32 Å². The summed E-state index contributed by atoms with van der Waals surface area (Å²) in [5.41, 5.74) is 2.86. The van der Waals surface area contributed by atoms with Crippen molar-refractivity contribution in [3.8, 4) is 0 Å². The van der Waals surface area contributed by atoms with Crippen molar-refractivity contribution in [1.29, 1.82) is 0 Å². The highest BCUT2D eigenvalue weighted by atomic mass is 16.1. The molecule has 1 amide bonds. The first kappa shape index (κ1) is 8.53. The number of hydrogen-bond acceptors (Lipinski definition) is 1. The van der Waals surface area contributed by atoms with Crippen LogP contribution in [0.2, 0.25) is 0 Å². The summed E-state index contributed by atoms with van der Waals surface area (Å²) in [6.45, 7) is 5.62. The van der Waals surface area contributed by atoms with E-state index in [4.69, 9.17) is 0 Å². The van der Waals surface area contributed by atoms with Crippen LogP contribution in [0.1, 0.15) is 11.1 Å². The van der Waals surface area contributed by atoms with Crippen LogP contribution in [0.4, 0.5) is 5.69 Å². The molecule has 0 aromatic heterocycles. The number of nitrogens with one attached hydrogen (secondary N) is 1. The van der Waals surface area contributed by atoms with E-state index in [1.165, 1.54) is 0 Å². The van der Waals surface area contributed by atoms with E-state index < -0.39 is 0 Å². The quantitative estimate of drug-likeness (QED) is 0.676. The minimum Gasteiger partial charge on any atom is -0.328 e. The second-order valence-electron chi connectivity index (χ2n) is 2.56. The fourth-order valence-corrected chi connectivity index (χ4v) is 1.04. The summed E-state index contributed by atoms with van der Waals surface area (Å²) in [5.74, 6) is 0. The first-order valence-corrected chi connectivity index (χ1v) is 3.71.